The molecule has 2 aromatic heterocycles. The molecule has 0 saturated heterocycles. The van der Waals surface area contributed by atoms with Gasteiger partial charge in [-0.05, 0) is 40.1 Å². The summed E-state index contributed by atoms with van der Waals surface area (Å²) in [5.74, 6) is 0.557. The van der Waals surface area contributed by atoms with Gasteiger partial charge in [-0.15, -0.1) is 0 Å². The number of rotatable bonds is 1. The Morgan fingerprint density at radius 3 is 2.93 bits per heavy atom. The first-order valence-electron chi connectivity index (χ1n) is 4.61. The van der Waals surface area contributed by atoms with Crippen molar-refractivity contribution in [3.05, 3.63) is 35.0 Å². The molecule has 4 heteroatoms. The van der Waals surface area contributed by atoms with E-state index in [1.165, 1.54) is 11.1 Å². The highest BCUT2D eigenvalue weighted by Crippen LogP contribution is 2.26. The van der Waals surface area contributed by atoms with Gasteiger partial charge in [-0.2, -0.15) is 16.4 Å². The van der Waals surface area contributed by atoms with Crippen LogP contribution in [0.5, 0.6) is 0 Å². The Hall–Kier alpha value is -1.81. The Morgan fingerprint density at radius 2 is 2.13 bits per heavy atom. The molecule has 3 N–H and O–H groups in total. The van der Waals surface area contributed by atoms with E-state index in [2.05, 4.69) is 39.2 Å². The summed E-state index contributed by atoms with van der Waals surface area (Å²) in [6.07, 6.45) is 0. The van der Waals surface area contributed by atoms with E-state index in [0.717, 1.165) is 10.9 Å². The fraction of sp³-hybridized carbons (Fsp3) is 0. The van der Waals surface area contributed by atoms with Crippen molar-refractivity contribution in [2.75, 3.05) is 5.73 Å². The van der Waals surface area contributed by atoms with Crippen LogP contribution in [0, 0.1) is 0 Å². The zero-order valence-electron chi connectivity index (χ0n) is 7.90. The smallest absolute Gasteiger partial charge is 0.153 e. The van der Waals surface area contributed by atoms with Gasteiger partial charge < -0.3 is 5.73 Å². The maximum atomic E-state index is 5.70. The molecule has 2 heterocycles. The monoisotopic (exact) mass is 215 g/mol. The molecule has 0 atom stereocenters. The summed E-state index contributed by atoms with van der Waals surface area (Å²) in [6, 6.07) is 8.24. The van der Waals surface area contributed by atoms with Gasteiger partial charge >= 0.3 is 0 Å². The lowest BCUT2D eigenvalue weighted by Crippen LogP contribution is -1.83. The maximum absolute atomic E-state index is 5.70. The number of nitrogens with two attached hydrogens (primary N) is 1. The lowest BCUT2D eigenvalue weighted by atomic mass is 10.1. The zero-order chi connectivity index (χ0) is 10.3. The van der Waals surface area contributed by atoms with Crippen LogP contribution in [0.4, 0.5) is 5.82 Å². The van der Waals surface area contributed by atoms with Crippen molar-refractivity contribution in [2.45, 2.75) is 0 Å². The molecule has 3 aromatic rings. The summed E-state index contributed by atoms with van der Waals surface area (Å²) in [5, 5.41) is 12.1. The Bertz CT molecular complexity index is 595. The number of H-pyrrole nitrogens is 1. The van der Waals surface area contributed by atoms with Crippen LogP contribution in [0.2, 0.25) is 0 Å². The van der Waals surface area contributed by atoms with Crippen LogP contribution in [0.1, 0.15) is 0 Å². The number of nitrogen functional groups attached to an aromatic ring is 1. The van der Waals surface area contributed by atoms with Crippen molar-refractivity contribution < 1.29 is 0 Å². The molecule has 3 rings (SSSR count). The van der Waals surface area contributed by atoms with E-state index in [0.29, 0.717) is 5.82 Å². The minimum atomic E-state index is 0.557. The van der Waals surface area contributed by atoms with Gasteiger partial charge in [0.05, 0.1) is 5.52 Å². The van der Waals surface area contributed by atoms with E-state index < -0.39 is 0 Å². The molecule has 0 radical (unpaired) electrons. The molecule has 3 nitrogen and oxygen atoms in total. The minimum Gasteiger partial charge on any atom is -0.382 e. The fourth-order valence-corrected chi connectivity index (χ4v) is 2.31. The average Bonchev–Trinajstić information content (AvgIpc) is 2.88. The number of thiophene rings is 1. The van der Waals surface area contributed by atoms with Crippen molar-refractivity contribution in [2.24, 2.45) is 0 Å². The summed E-state index contributed by atoms with van der Waals surface area (Å²) >= 11 is 1.69. The third-order valence-corrected chi connectivity index (χ3v) is 3.13. The number of fused-ring (bicyclic) bond motifs is 1. The van der Waals surface area contributed by atoms with Crippen LogP contribution in [0.15, 0.2) is 35.0 Å². The molecule has 0 spiro atoms. The number of nitrogens with zero attached hydrogens (tertiary/aromatic N) is 1. The second-order valence-corrected chi connectivity index (χ2v) is 4.16. The summed E-state index contributed by atoms with van der Waals surface area (Å²) in [4.78, 5) is 0. The third-order valence-electron chi connectivity index (χ3n) is 2.45. The average molecular weight is 215 g/mol. The number of nitrogens with one attached hydrogen (secondary N) is 1. The lowest BCUT2D eigenvalue weighted by molar-refractivity contribution is 1.13. The van der Waals surface area contributed by atoms with Crippen molar-refractivity contribution in [3.8, 4) is 11.1 Å². The van der Waals surface area contributed by atoms with E-state index >= 15 is 0 Å². The fourth-order valence-electron chi connectivity index (χ4n) is 1.65. The molecule has 0 aliphatic rings. The molecule has 1 aromatic carbocycles. The van der Waals surface area contributed by atoms with Gasteiger partial charge in [-0.1, -0.05) is 6.07 Å². The van der Waals surface area contributed by atoms with Crippen LogP contribution in [0.25, 0.3) is 22.0 Å². The summed E-state index contributed by atoms with van der Waals surface area (Å²) in [7, 11) is 0. The molecule has 0 saturated carbocycles. The zero-order valence-corrected chi connectivity index (χ0v) is 8.71. The highest BCUT2D eigenvalue weighted by Gasteiger charge is 2.04. The number of aromatic amines is 1. The van der Waals surface area contributed by atoms with Crippen LogP contribution < -0.4 is 5.73 Å². The molecule has 0 amide bonds. The molecule has 0 unspecified atom stereocenters. The number of hydrogen-bond acceptors (Lipinski definition) is 3. The number of hydrogen-bond donors (Lipinski definition) is 2. The Labute approximate surface area is 90.5 Å². The lowest BCUT2D eigenvalue weighted by Gasteiger charge is -1.97. The second kappa shape index (κ2) is 3.10. The highest BCUT2D eigenvalue weighted by molar-refractivity contribution is 7.08. The number of anilines is 1. The second-order valence-electron chi connectivity index (χ2n) is 3.38. The molecular formula is C11H9N3S. The van der Waals surface area contributed by atoms with Crippen LogP contribution >= 0.6 is 11.3 Å². The van der Waals surface area contributed by atoms with Crippen LogP contribution in [-0.2, 0) is 0 Å². The van der Waals surface area contributed by atoms with E-state index in [4.69, 9.17) is 5.73 Å². The number of benzene rings is 1. The molecular weight excluding hydrogens is 206 g/mol. The van der Waals surface area contributed by atoms with Crippen LogP contribution in [-0.4, -0.2) is 10.2 Å². The molecule has 0 aliphatic carbocycles. The predicted octanol–water partition coefficient (Wildman–Crippen LogP) is 2.87. The van der Waals surface area contributed by atoms with Crippen molar-refractivity contribution >= 4 is 28.1 Å². The quantitative estimate of drug-likeness (QED) is 0.655. The van der Waals surface area contributed by atoms with Gasteiger partial charge in [0.25, 0.3) is 0 Å². The first-order valence-corrected chi connectivity index (χ1v) is 5.55. The largest absolute Gasteiger partial charge is 0.382 e. The Morgan fingerprint density at radius 1 is 1.20 bits per heavy atom. The maximum Gasteiger partial charge on any atom is 0.153 e. The summed E-state index contributed by atoms with van der Waals surface area (Å²) < 4.78 is 0. The standard InChI is InChI=1S/C11H9N3S/c12-11-9-2-1-7(5-10(9)13-14-11)8-3-4-15-6-8/h1-6H,(H3,12,13,14). The van der Waals surface area contributed by atoms with Gasteiger partial charge in [0, 0.05) is 5.39 Å². The predicted molar refractivity (Wildman–Crippen MR) is 63.8 cm³/mol. The van der Waals surface area contributed by atoms with Crippen LogP contribution in [0.3, 0.4) is 0 Å². The van der Waals surface area contributed by atoms with Gasteiger partial charge in [0.1, 0.15) is 0 Å². The van der Waals surface area contributed by atoms with E-state index in [-0.39, 0.29) is 0 Å². The van der Waals surface area contributed by atoms with E-state index in [1.807, 2.05) is 6.07 Å². The number of aromatic nitrogens is 2. The van der Waals surface area contributed by atoms with Crippen molar-refractivity contribution in [1.29, 1.82) is 0 Å². The topological polar surface area (TPSA) is 54.7 Å². The van der Waals surface area contributed by atoms with Gasteiger partial charge in [0.15, 0.2) is 5.82 Å². The highest BCUT2D eigenvalue weighted by atomic mass is 32.1. The van der Waals surface area contributed by atoms with E-state index in [1.54, 1.807) is 11.3 Å². The Kier molecular flexibility index (Phi) is 1.76. The first kappa shape index (κ1) is 8.49. The normalized spacial score (nSPS) is 10.9. The van der Waals surface area contributed by atoms with Gasteiger partial charge in [-0.3, -0.25) is 5.10 Å². The summed E-state index contributed by atoms with van der Waals surface area (Å²) in [6.45, 7) is 0. The molecule has 0 bridgehead atoms. The van der Waals surface area contributed by atoms with Crippen molar-refractivity contribution in [1.82, 2.24) is 10.2 Å². The van der Waals surface area contributed by atoms with Gasteiger partial charge in [-0.25, -0.2) is 0 Å². The summed E-state index contributed by atoms with van der Waals surface area (Å²) in [5.41, 5.74) is 9.11. The third kappa shape index (κ3) is 1.30. The molecule has 15 heavy (non-hydrogen) atoms. The SMILES string of the molecule is Nc1n[nH]c2cc(-c3ccsc3)ccc12. The molecule has 74 valence electrons. The molecule has 0 fully saturated rings. The minimum absolute atomic E-state index is 0.557. The van der Waals surface area contributed by atoms with Gasteiger partial charge in [0.2, 0.25) is 0 Å². The van der Waals surface area contributed by atoms with E-state index in [9.17, 15) is 0 Å². The molecule has 0 aliphatic heterocycles. The first-order chi connectivity index (χ1) is 7.34. The Balaban J connectivity index is 2.23. The van der Waals surface area contributed by atoms with Crippen molar-refractivity contribution in [3.63, 3.8) is 0 Å².